The highest BCUT2D eigenvalue weighted by molar-refractivity contribution is 6.08. The van der Waals surface area contributed by atoms with E-state index >= 15 is 0 Å². The summed E-state index contributed by atoms with van der Waals surface area (Å²) in [4.78, 5) is 2.34. The van der Waals surface area contributed by atoms with Crippen LogP contribution in [0.5, 0.6) is 0 Å². The van der Waals surface area contributed by atoms with Gasteiger partial charge in [0.05, 0.1) is 16.9 Å². The zero-order valence-corrected chi connectivity index (χ0v) is 26.2. The average Bonchev–Trinajstić information content (AvgIpc) is 3.57. The Labute approximate surface area is 279 Å². The van der Waals surface area contributed by atoms with Gasteiger partial charge in [0.25, 0.3) is 0 Å². The second kappa shape index (κ2) is 11.7. The predicted octanol–water partition coefficient (Wildman–Crippen LogP) is 12.1. The summed E-state index contributed by atoms with van der Waals surface area (Å²) in [6.45, 7) is 0. The van der Waals surface area contributed by atoms with Crippen LogP contribution in [-0.2, 0) is 0 Å². The molecule has 0 saturated heterocycles. The minimum atomic E-state index is 0.956. The van der Waals surface area contributed by atoms with Gasteiger partial charge in [0.1, 0.15) is 5.69 Å². The highest BCUT2D eigenvalue weighted by Crippen LogP contribution is 2.43. The molecule has 3 nitrogen and oxygen atoms in total. The number of pyridine rings is 1. The number of anilines is 3. The number of benzene rings is 7. The molecule has 226 valence electrons. The topological polar surface area (TPSA) is 20.5 Å². The van der Waals surface area contributed by atoms with Crippen molar-refractivity contribution in [1.29, 1.82) is 0 Å². The van der Waals surface area contributed by atoms with Gasteiger partial charge in [-0.05, 0) is 52.7 Å². The van der Waals surface area contributed by atoms with Gasteiger partial charge >= 0.3 is 0 Å². The van der Waals surface area contributed by atoms with Crippen LogP contribution in [0.15, 0.2) is 188 Å². The monoisotopic (exact) mass is 613 g/mol. The summed E-state index contributed by atoms with van der Waals surface area (Å²) >= 11 is 0. The van der Waals surface area contributed by atoms with Crippen LogP contribution in [0.3, 0.4) is 0 Å². The maximum Gasteiger partial charge on any atom is 0.101 e. The first-order valence-corrected chi connectivity index (χ1v) is 16.3. The summed E-state index contributed by atoms with van der Waals surface area (Å²) in [5, 5.41) is 10.2. The lowest BCUT2D eigenvalue weighted by molar-refractivity contribution is 0.979. The SMILES string of the molecule is c1ccc(-c2c(-c3ccc(N(c4ccccc4)c4cccc5ccccc45)cc3)nn3c(-c4ccccc4)cc4ccccc4c23)cc1. The van der Waals surface area contributed by atoms with Crippen molar-refractivity contribution in [3.8, 4) is 33.6 Å². The van der Waals surface area contributed by atoms with Crippen molar-refractivity contribution in [3.05, 3.63) is 188 Å². The molecule has 0 amide bonds. The van der Waals surface area contributed by atoms with Gasteiger partial charge in [-0.25, -0.2) is 4.52 Å². The van der Waals surface area contributed by atoms with E-state index in [2.05, 4.69) is 197 Å². The number of nitrogens with zero attached hydrogens (tertiary/aromatic N) is 3. The second-order valence-corrected chi connectivity index (χ2v) is 12.0. The van der Waals surface area contributed by atoms with Gasteiger partial charge in [-0.2, -0.15) is 5.10 Å². The Bertz CT molecular complexity index is 2530. The van der Waals surface area contributed by atoms with Crippen LogP contribution in [0.4, 0.5) is 17.1 Å². The van der Waals surface area contributed by atoms with E-state index in [1.54, 1.807) is 0 Å². The largest absolute Gasteiger partial charge is 0.310 e. The Balaban J connectivity index is 1.27. The maximum atomic E-state index is 5.42. The highest BCUT2D eigenvalue weighted by atomic mass is 15.2. The summed E-state index contributed by atoms with van der Waals surface area (Å²) in [5.41, 5.74) is 10.9. The van der Waals surface area contributed by atoms with Crippen molar-refractivity contribution < 1.29 is 0 Å². The minimum Gasteiger partial charge on any atom is -0.310 e. The molecule has 0 unspecified atom stereocenters. The zero-order chi connectivity index (χ0) is 31.9. The lowest BCUT2D eigenvalue weighted by Crippen LogP contribution is -2.10. The fourth-order valence-electron chi connectivity index (χ4n) is 6.96. The standard InChI is InChI=1S/C45H31N3/c1-4-16-33(17-5-1)42-31-36-20-11-13-25-40(36)45-43(34-18-6-2-7-19-34)44(46-48(42)45)35-27-29-38(30-28-35)47(37-22-8-3-9-23-37)41-26-14-21-32-15-10-12-24-39(32)41/h1-31H. The fourth-order valence-corrected chi connectivity index (χ4v) is 6.96. The third-order valence-electron chi connectivity index (χ3n) is 9.17. The zero-order valence-electron chi connectivity index (χ0n) is 26.2. The first-order valence-electron chi connectivity index (χ1n) is 16.3. The molecule has 0 aliphatic carbocycles. The number of rotatable bonds is 6. The molecule has 0 aliphatic heterocycles. The molecular formula is C45H31N3. The van der Waals surface area contributed by atoms with Crippen molar-refractivity contribution in [2.75, 3.05) is 4.90 Å². The summed E-state index contributed by atoms with van der Waals surface area (Å²) in [7, 11) is 0. The van der Waals surface area contributed by atoms with E-state index in [0.717, 1.165) is 56.2 Å². The van der Waals surface area contributed by atoms with Gasteiger partial charge in [0.15, 0.2) is 0 Å². The molecule has 0 fully saturated rings. The number of hydrogen-bond acceptors (Lipinski definition) is 2. The molecule has 2 heterocycles. The third kappa shape index (κ3) is 4.72. The first kappa shape index (κ1) is 27.8. The van der Waals surface area contributed by atoms with Gasteiger partial charge < -0.3 is 4.90 Å². The Hall–Kier alpha value is -6.45. The van der Waals surface area contributed by atoms with Crippen molar-refractivity contribution >= 4 is 44.1 Å². The van der Waals surface area contributed by atoms with E-state index in [0.29, 0.717) is 0 Å². The molecule has 0 aliphatic rings. The molecule has 7 aromatic carbocycles. The summed E-state index contributed by atoms with van der Waals surface area (Å²) in [6, 6.07) is 66.7. The van der Waals surface area contributed by atoms with Crippen molar-refractivity contribution in [2.45, 2.75) is 0 Å². The molecule has 0 saturated carbocycles. The molecule has 9 aromatic rings. The molecule has 0 bridgehead atoms. The minimum absolute atomic E-state index is 0.956. The normalized spacial score (nSPS) is 11.3. The molecule has 0 radical (unpaired) electrons. The van der Waals surface area contributed by atoms with Gasteiger partial charge in [-0.3, -0.25) is 0 Å². The van der Waals surface area contributed by atoms with Gasteiger partial charge in [0.2, 0.25) is 0 Å². The second-order valence-electron chi connectivity index (χ2n) is 12.0. The van der Waals surface area contributed by atoms with E-state index < -0.39 is 0 Å². The van der Waals surface area contributed by atoms with Crippen LogP contribution in [0.25, 0.3) is 60.7 Å². The first-order chi connectivity index (χ1) is 23.8. The highest BCUT2D eigenvalue weighted by Gasteiger charge is 2.22. The van der Waals surface area contributed by atoms with Crippen molar-refractivity contribution in [1.82, 2.24) is 9.61 Å². The molecule has 9 rings (SSSR count). The number of para-hydroxylation sites is 1. The van der Waals surface area contributed by atoms with Crippen LogP contribution in [0.1, 0.15) is 0 Å². The Kier molecular flexibility index (Phi) is 6.80. The van der Waals surface area contributed by atoms with E-state index in [1.807, 2.05) is 0 Å². The smallest absolute Gasteiger partial charge is 0.101 e. The van der Waals surface area contributed by atoms with E-state index in [4.69, 9.17) is 5.10 Å². The van der Waals surface area contributed by atoms with Gasteiger partial charge in [0, 0.05) is 38.8 Å². The van der Waals surface area contributed by atoms with Crippen LogP contribution in [0, 0.1) is 0 Å². The number of fused-ring (bicyclic) bond motifs is 4. The van der Waals surface area contributed by atoms with Gasteiger partial charge in [-0.15, -0.1) is 0 Å². The van der Waals surface area contributed by atoms with Crippen LogP contribution >= 0.6 is 0 Å². The lowest BCUT2D eigenvalue weighted by atomic mass is 9.96. The molecule has 48 heavy (non-hydrogen) atoms. The molecular weight excluding hydrogens is 583 g/mol. The molecule has 2 aromatic heterocycles. The van der Waals surface area contributed by atoms with E-state index in [-0.39, 0.29) is 0 Å². The Morgan fingerprint density at radius 3 is 1.71 bits per heavy atom. The van der Waals surface area contributed by atoms with E-state index in [9.17, 15) is 0 Å². The van der Waals surface area contributed by atoms with Crippen LogP contribution < -0.4 is 4.90 Å². The number of hydrogen-bond donors (Lipinski definition) is 0. The fraction of sp³-hybridized carbons (Fsp3) is 0. The van der Waals surface area contributed by atoms with Crippen molar-refractivity contribution in [3.63, 3.8) is 0 Å². The van der Waals surface area contributed by atoms with E-state index in [1.165, 1.54) is 21.5 Å². The Morgan fingerprint density at radius 1 is 0.417 bits per heavy atom. The average molecular weight is 614 g/mol. The summed E-state index contributed by atoms with van der Waals surface area (Å²) in [5.74, 6) is 0. The van der Waals surface area contributed by atoms with Crippen LogP contribution in [0.2, 0.25) is 0 Å². The summed E-state index contributed by atoms with van der Waals surface area (Å²) < 4.78 is 2.15. The lowest BCUT2D eigenvalue weighted by Gasteiger charge is -2.27. The maximum absolute atomic E-state index is 5.42. The summed E-state index contributed by atoms with van der Waals surface area (Å²) in [6.07, 6.45) is 0. The van der Waals surface area contributed by atoms with Crippen molar-refractivity contribution in [2.24, 2.45) is 0 Å². The molecule has 0 atom stereocenters. The quantitative estimate of drug-likeness (QED) is 0.186. The third-order valence-corrected chi connectivity index (χ3v) is 9.17. The molecule has 0 spiro atoms. The predicted molar refractivity (Wildman–Crippen MR) is 201 cm³/mol. The van der Waals surface area contributed by atoms with Gasteiger partial charge in [-0.1, -0.05) is 152 Å². The molecule has 3 heteroatoms. The molecule has 0 N–H and O–H groups in total. The van der Waals surface area contributed by atoms with Crippen LogP contribution in [-0.4, -0.2) is 9.61 Å². The number of aromatic nitrogens is 2. The Morgan fingerprint density at radius 2 is 0.979 bits per heavy atom.